The van der Waals surface area contributed by atoms with Gasteiger partial charge < -0.3 is 0 Å². The molecule has 0 aliphatic heterocycles. The Balaban J connectivity index is 1.92. The summed E-state index contributed by atoms with van der Waals surface area (Å²) in [6.45, 7) is 0. The molecule has 0 amide bonds. The number of benzene rings is 2. The van der Waals surface area contributed by atoms with Crippen LogP contribution in [0.25, 0.3) is 0 Å². The lowest BCUT2D eigenvalue weighted by Crippen LogP contribution is -2.03. The smallest absolute Gasteiger partial charge is 0.164 e. The third-order valence-corrected chi connectivity index (χ3v) is 5.44. The van der Waals surface area contributed by atoms with E-state index in [9.17, 15) is 13.2 Å². The van der Waals surface area contributed by atoms with Gasteiger partial charge >= 0.3 is 6.18 Å². The molecule has 0 saturated carbocycles. The summed E-state index contributed by atoms with van der Waals surface area (Å²) in [6, 6.07) is 19.3. The number of aromatic nitrogens is 2. The topological polar surface area (TPSA) is 25.8 Å². The van der Waals surface area contributed by atoms with Crippen LogP contribution in [-0.2, 0) is 6.18 Å². The largest absolute Gasteiger partial charge is 0.445 e. The van der Waals surface area contributed by atoms with Crippen molar-refractivity contribution in [3.8, 4) is 0 Å². The molecule has 0 aliphatic carbocycles. The van der Waals surface area contributed by atoms with Crippen molar-refractivity contribution in [1.82, 2.24) is 10.2 Å². The maximum Gasteiger partial charge on any atom is 0.445 e. The molecule has 1 aromatic heterocycles. The fourth-order valence-electron chi connectivity index (χ4n) is 2.06. The quantitative estimate of drug-likeness (QED) is 0.585. The Morgan fingerprint density at radius 2 is 1.35 bits per heavy atom. The van der Waals surface area contributed by atoms with E-state index >= 15 is 0 Å². The zero-order chi connectivity index (χ0) is 16.3. The lowest BCUT2D eigenvalue weighted by molar-refractivity contribution is -0.138. The fraction of sp³-hybridized carbons (Fsp3) is 0.125. The normalized spacial score (nSPS) is 11.8. The summed E-state index contributed by atoms with van der Waals surface area (Å²) in [7, 11) is 0. The molecule has 2 nitrogen and oxygen atoms in total. The molecule has 118 valence electrons. The van der Waals surface area contributed by atoms with Gasteiger partial charge in [0.2, 0.25) is 5.01 Å². The third-order valence-electron chi connectivity index (χ3n) is 3.07. The molecule has 3 rings (SSSR count). The minimum absolute atomic E-state index is 0.133. The van der Waals surface area contributed by atoms with Crippen LogP contribution >= 0.6 is 23.1 Å². The highest BCUT2D eigenvalue weighted by Gasteiger charge is 2.36. The Labute approximate surface area is 139 Å². The number of thioether (sulfide) groups is 1. The zero-order valence-electron chi connectivity index (χ0n) is 11.7. The number of hydrogen-bond acceptors (Lipinski definition) is 4. The molecule has 0 radical (unpaired) electrons. The van der Waals surface area contributed by atoms with Crippen LogP contribution in [0.2, 0.25) is 0 Å². The second-order valence-corrected chi connectivity index (χ2v) is 7.02. The average molecular weight is 352 g/mol. The second kappa shape index (κ2) is 6.72. The molecule has 0 bridgehead atoms. The predicted molar refractivity (Wildman–Crippen MR) is 85.5 cm³/mol. The monoisotopic (exact) mass is 352 g/mol. The van der Waals surface area contributed by atoms with E-state index in [1.54, 1.807) is 0 Å². The summed E-state index contributed by atoms with van der Waals surface area (Å²) < 4.78 is 38.4. The van der Waals surface area contributed by atoms with Crippen LogP contribution in [0.3, 0.4) is 0 Å². The van der Waals surface area contributed by atoms with Crippen LogP contribution in [0, 0.1) is 0 Å². The van der Waals surface area contributed by atoms with E-state index in [2.05, 4.69) is 10.2 Å². The summed E-state index contributed by atoms with van der Waals surface area (Å²) in [4.78, 5) is 0. The van der Waals surface area contributed by atoms with Crippen molar-refractivity contribution in [3.05, 3.63) is 76.8 Å². The van der Waals surface area contributed by atoms with Crippen molar-refractivity contribution in [2.24, 2.45) is 0 Å². The fourth-order valence-corrected chi connectivity index (χ4v) is 4.10. The van der Waals surface area contributed by atoms with Gasteiger partial charge in [-0.1, -0.05) is 83.8 Å². The number of nitrogens with zero attached hydrogens (tertiary/aromatic N) is 2. The minimum atomic E-state index is -4.45. The highest BCUT2D eigenvalue weighted by molar-refractivity contribution is 8.01. The van der Waals surface area contributed by atoms with Crippen molar-refractivity contribution in [2.45, 2.75) is 15.8 Å². The number of hydrogen-bond donors (Lipinski definition) is 0. The number of alkyl halides is 3. The van der Waals surface area contributed by atoms with Gasteiger partial charge in [0.15, 0.2) is 4.34 Å². The average Bonchev–Trinajstić information content (AvgIpc) is 3.03. The number of halogens is 3. The summed E-state index contributed by atoms with van der Waals surface area (Å²) in [5.41, 5.74) is 2.01. The van der Waals surface area contributed by atoms with Gasteiger partial charge in [0.25, 0.3) is 0 Å². The maximum absolute atomic E-state index is 12.7. The van der Waals surface area contributed by atoms with E-state index < -0.39 is 11.2 Å². The van der Waals surface area contributed by atoms with E-state index in [1.165, 1.54) is 11.8 Å². The van der Waals surface area contributed by atoms with E-state index in [1.807, 2.05) is 60.7 Å². The first-order valence-electron chi connectivity index (χ1n) is 6.71. The molecule has 0 atom stereocenters. The lowest BCUT2D eigenvalue weighted by atomic mass is 10.0. The highest BCUT2D eigenvalue weighted by Crippen LogP contribution is 2.43. The summed E-state index contributed by atoms with van der Waals surface area (Å²) in [6.07, 6.45) is -4.45. The van der Waals surface area contributed by atoms with E-state index in [0.717, 1.165) is 11.1 Å². The Bertz CT molecular complexity index is 718. The van der Waals surface area contributed by atoms with Gasteiger partial charge in [-0.05, 0) is 11.1 Å². The molecule has 7 heteroatoms. The molecule has 3 aromatic rings. The molecule has 0 unspecified atom stereocenters. The van der Waals surface area contributed by atoms with Gasteiger partial charge in [0.1, 0.15) is 0 Å². The maximum atomic E-state index is 12.7. The Hall–Kier alpha value is -1.86. The van der Waals surface area contributed by atoms with E-state index in [-0.39, 0.29) is 5.25 Å². The molecule has 1 heterocycles. The minimum Gasteiger partial charge on any atom is -0.164 e. The second-order valence-electron chi connectivity index (χ2n) is 4.69. The lowest BCUT2D eigenvalue weighted by Gasteiger charge is -2.15. The molecule has 23 heavy (non-hydrogen) atoms. The van der Waals surface area contributed by atoms with Gasteiger partial charge in [0.05, 0.1) is 5.25 Å². The predicted octanol–water partition coefficient (Wildman–Crippen LogP) is 5.44. The van der Waals surface area contributed by atoms with Crippen LogP contribution < -0.4 is 0 Å². The van der Waals surface area contributed by atoms with Crippen LogP contribution in [0.5, 0.6) is 0 Å². The van der Waals surface area contributed by atoms with Gasteiger partial charge in [-0.15, -0.1) is 10.2 Å². The van der Waals surface area contributed by atoms with Crippen molar-refractivity contribution < 1.29 is 13.2 Å². The zero-order valence-corrected chi connectivity index (χ0v) is 13.3. The highest BCUT2D eigenvalue weighted by atomic mass is 32.2. The Kier molecular flexibility index (Phi) is 4.68. The van der Waals surface area contributed by atoms with Crippen molar-refractivity contribution >= 4 is 23.1 Å². The van der Waals surface area contributed by atoms with Crippen LogP contribution in [0.1, 0.15) is 21.4 Å². The molecule has 0 N–H and O–H groups in total. The molecular weight excluding hydrogens is 341 g/mol. The van der Waals surface area contributed by atoms with Gasteiger partial charge in [-0.2, -0.15) is 13.2 Å². The van der Waals surface area contributed by atoms with Crippen molar-refractivity contribution in [2.75, 3.05) is 0 Å². The first kappa shape index (κ1) is 16.0. The van der Waals surface area contributed by atoms with Crippen molar-refractivity contribution in [3.63, 3.8) is 0 Å². The van der Waals surface area contributed by atoms with Gasteiger partial charge in [-0.25, -0.2) is 0 Å². The van der Waals surface area contributed by atoms with E-state index in [4.69, 9.17) is 0 Å². The third kappa shape index (κ3) is 3.92. The molecule has 2 aromatic carbocycles. The van der Waals surface area contributed by atoms with Crippen LogP contribution in [-0.4, -0.2) is 10.2 Å². The number of rotatable bonds is 4. The van der Waals surface area contributed by atoms with Gasteiger partial charge in [-0.3, -0.25) is 0 Å². The standard InChI is InChI=1S/C16H11F3N2S2/c17-16(18,19)14-20-21-15(23-14)22-13(11-7-3-1-4-8-11)12-9-5-2-6-10-12/h1-10,13H. The molecule has 0 aliphatic rings. The molecular formula is C16H11F3N2S2. The summed E-state index contributed by atoms with van der Waals surface area (Å²) in [5.74, 6) is 0. The van der Waals surface area contributed by atoms with Crippen LogP contribution in [0.4, 0.5) is 13.2 Å². The SMILES string of the molecule is FC(F)(F)c1nnc(SC(c2ccccc2)c2ccccc2)s1. The first-order chi connectivity index (χ1) is 11.0. The molecule has 0 saturated heterocycles. The van der Waals surface area contributed by atoms with Crippen molar-refractivity contribution in [1.29, 1.82) is 0 Å². The Morgan fingerprint density at radius 3 is 1.78 bits per heavy atom. The van der Waals surface area contributed by atoms with Gasteiger partial charge in [0, 0.05) is 0 Å². The van der Waals surface area contributed by atoms with E-state index in [0.29, 0.717) is 15.7 Å². The first-order valence-corrected chi connectivity index (χ1v) is 8.41. The summed E-state index contributed by atoms with van der Waals surface area (Å²) >= 11 is 1.85. The summed E-state index contributed by atoms with van der Waals surface area (Å²) in [5, 5.41) is 5.89. The Morgan fingerprint density at radius 1 is 0.826 bits per heavy atom. The molecule has 0 spiro atoms. The van der Waals surface area contributed by atoms with Crippen LogP contribution in [0.15, 0.2) is 65.0 Å². The molecule has 0 fully saturated rings.